The fourth-order valence-corrected chi connectivity index (χ4v) is 4.60. The van der Waals surface area contributed by atoms with E-state index in [2.05, 4.69) is 18.0 Å². The van der Waals surface area contributed by atoms with Gasteiger partial charge in [-0.2, -0.15) is 0 Å². The van der Waals surface area contributed by atoms with E-state index in [0.29, 0.717) is 17.3 Å². The molecule has 2 aromatic carbocycles. The van der Waals surface area contributed by atoms with Gasteiger partial charge in [0, 0.05) is 27.7 Å². The van der Waals surface area contributed by atoms with Crippen molar-refractivity contribution in [2.24, 2.45) is 0 Å². The number of hydrogen-bond acceptors (Lipinski definition) is 6. The Bertz CT molecular complexity index is 1050. The van der Waals surface area contributed by atoms with Gasteiger partial charge in [-0.25, -0.2) is 4.98 Å². The first kappa shape index (κ1) is 20.8. The molecule has 1 aromatic heterocycles. The smallest absolute Gasteiger partial charge is 0.231 e. The number of aromatic nitrogens is 2. The second-order valence-corrected chi connectivity index (χ2v) is 8.28. The molecule has 158 valence electrons. The van der Waals surface area contributed by atoms with Crippen LogP contribution < -0.4 is 18.9 Å². The lowest BCUT2D eigenvalue weighted by Gasteiger charge is -2.15. The van der Waals surface area contributed by atoms with E-state index >= 15 is 0 Å². The Hall–Kier alpha value is -2.51. The van der Waals surface area contributed by atoms with Crippen LogP contribution in [0.2, 0.25) is 5.02 Å². The molecule has 0 bridgehead atoms. The van der Waals surface area contributed by atoms with Crippen molar-refractivity contribution in [2.45, 2.75) is 36.2 Å². The number of imidazole rings is 1. The van der Waals surface area contributed by atoms with Gasteiger partial charge in [0.2, 0.25) is 6.79 Å². The van der Waals surface area contributed by atoms with Crippen molar-refractivity contribution in [3.8, 4) is 23.0 Å². The molecule has 0 atom stereocenters. The molecule has 0 fully saturated rings. The molecule has 1 aliphatic rings. The third-order valence-corrected chi connectivity index (χ3v) is 6.20. The van der Waals surface area contributed by atoms with Gasteiger partial charge < -0.3 is 23.5 Å². The van der Waals surface area contributed by atoms with Crippen molar-refractivity contribution in [3.63, 3.8) is 0 Å². The Balaban J connectivity index is 1.55. The summed E-state index contributed by atoms with van der Waals surface area (Å²) in [6.45, 7) is 2.97. The predicted molar refractivity (Wildman–Crippen MR) is 117 cm³/mol. The van der Waals surface area contributed by atoms with Crippen LogP contribution in [-0.2, 0) is 13.0 Å². The molecule has 0 N–H and O–H groups in total. The molecule has 0 amide bonds. The molecule has 3 aromatic rings. The second kappa shape index (κ2) is 9.10. The topological polar surface area (TPSA) is 54.7 Å². The summed E-state index contributed by atoms with van der Waals surface area (Å²) < 4.78 is 23.9. The van der Waals surface area contributed by atoms with E-state index in [1.807, 2.05) is 29.2 Å². The fraction of sp³-hybridized carbons (Fsp3) is 0.318. The van der Waals surface area contributed by atoms with E-state index in [1.54, 1.807) is 32.0 Å². The Labute approximate surface area is 185 Å². The molecule has 0 spiro atoms. The number of nitrogens with zero attached hydrogens (tertiary/aromatic N) is 2. The molecule has 30 heavy (non-hydrogen) atoms. The maximum Gasteiger partial charge on any atom is 0.231 e. The first-order valence-corrected chi connectivity index (χ1v) is 10.8. The molecule has 4 rings (SSSR count). The van der Waals surface area contributed by atoms with Crippen molar-refractivity contribution in [1.29, 1.82) is 0 Å². The summed E-state index contributed by atoms with van der Waals surface area (Å²) in [5.41, 5.74) is 2.09. The lowest BCUT2D eigenvalue weighted by molar-refractivity contribution is 0.174. The Morgan fingerprint density at radius 1 is 1.17 bits per heavy atom. The minimum atomic E-state index is 0.229. The summed E-state index contributed by atoms with van der Waals surface area (Å²) in [4.78, 5) is 5.68. The van der Waals surface area contributed by atoms with E-state index in [4.69, 9.17) is 30.5 Å². The summed E-state index contributed by atoms with van der Waals surface area (Å²) in [7, 11) is 3.33. The average Bonchev–Trinajstić information content (AvgIpc) is 3.38. The highest BCUT2D eigenvalue weighted by Gasteiger charge is 2.18. The largest absolute Gasteiger partial charge is 0.493 e. The van der Waals surface area contributed by atoms with Crippen molar-refractivity contribution >= 4 is 23.4 Å². The van der Waals surface area contributed by atoms with Crippen LogP contribution in [-0.4, -0.2) is 30.6 Å². The number of hydrogen-bond donors (Lipinski definition) is 0. The normalized spacial score (nSPS) is 12.3. The molecular weight excluding hydrogens is 424 g/mol. The van der Waals surface area contributed by atoms with E-state index in [-0.39, 0.29) is 6.79 Å². The molecule has 2 heterocycles. The van der Waals surface area contributed by atoms with Crippen molar-refractivity contribution in [1.82, 2.24) is 9.55 Å². The zero-order valence-electron chi connectivity index (χ0n) is 17.1. The van der Waals surface area contributed by atoms with Crippen LogP contribution in [0, 0.1) is 0 Å². The highest BCUT2D eigenvalue weighted by Crippen LogP contribution is 2.41. The predicted octanol–water partition coefficient (Wildman–Crippen LogP) is 5.43. The van der Waals surface area contributed by atoms with Crippen LogP contribution in [0.3, 0.4) is 0 Å². The van der Waals surface area contributed by atoms with Crippen LogP contribution in [0.5, 0.6) is 23.0 Å². The van der Waals surface area contributed by atoms with Gasteiger partial charge in [0.15, 0.2) is 23.0 Å². The number of methoxy groups -OCH3 is 2. The first-order chi connectivity index (χ1) is 14.6. The Morgan fingerprint density at radius 2 is 1.97 bits per heavy atom. The van der Waals surface area contributed by atoms with E-state index in [0.717, 1.165) is 51.1 Å². The SMILES string of the molecule is CCCc1c(Sc2cn(Cc3cc4c(cc3Cl)OCO4)cn2)ccc(OC)c1OC. The van der Waals surface area contributed by atoms with Crippen molar-refractivity contribution in [2.75, 3.05) is 21.0 Å². The van der Waals surface area contributed by atoms with Crippen LogP contribution in [0.4, 0.5) is 0 Å². The Morgan fingerprint density at radius 3 is 2.70 bits per heavy atom. The summed E-state index contributed by atoms with van der Waals surface area (Å²) in [5, 5.41) is 1.55. The maximum atomic E-state index is 6.41. The lowest BCUT2D eigenvalue weighted by Crippen LogP contribution is -1.98. The molecule has 0 radical (unpaired) electrons. The molecule has 0 saturated heterocycles. The van der Waals surface area contributed by atoms with Crippen LogP contribution >= 0.6 is 23.4 Å². The monoisotopic (exact) mass is 446 g/mol. The van der Waals surface area contributed by atoms with Gasteiger partial charge in [0.25, 0.3) is 0 Å². The van der Waals surface area contributed by atoms with E-state index < -0.39 is 0 Å². The second-order valence-electron chi connectivity index (χ2n) is 6.81. The highest BCUT2D eigenvalue weighted by atomic mass is 35.5. The van der Waals surface area contributed by atoms with E-state index in [1.165, 1.54) is 0 Å². The van der Waals surface area contributed by atoms with Gasteiger partial charge >= 0.3 is 0 Å². The number of rotatable bonds is 8. The molecule has 6 nitrogen and oxygen atoms in total. The average molecular weight is 447 g/mol. The maximum absolute atomic E-state index is 6.41. The Kier molecular flexibility index (Phi) is 6.29. The summed E-state index contributed by atoms with van der Waals surface area (Å²) in [5.74, 6) is 2.94. The molecular formula is C22H23ClN2O4S. The number of fused-ring (bicyclic) bond motifs is 1. The summed E-state index contributed by atoms with van der Waals surface area (Å²) >= 11 is 8.03. The van der Waals surface area contributed by atoms with Crippen molar-refractivity contribution in [3.05, 3.63) is 52.9 Å². The summed E-state index contributed by atoms with van der Waals surface area (Å²) in [6, 6.07) is 7.71. The van der Waals surface area contributed by atoms with Crippen LogP contribution in [0.25, 0.3) is 0 Å². The summed E-state index contributed by atoms with van der Waals surface area (Å²) in [6.07, 6.45) is 5.73. The lowest BCUT2D eigenvalue weighted by atomic mass is 10.1. The van der Waals surface area contributed by atoms with Gasteiger partial charge in [-0.3, -0.25) is 0 Å². The number of ether oxygens (including phenoxy) is 4. The van der Waals surface area contributed by atoms with Gasteiger partial charge in [0.05, 0.1) is 27.1 Å². The van der Waals surface area contributed by atoms with Gasteiger partial charge in [-0.15, -0.1) is 0 Å². The minimum Gasteiger partial charge on any atom is -0.493 e. The zero-order valence-corrected chi connectivity index (χ0v) is 18.7. The highest BCUT2D eigenvalue weighted by molar-refractivity contribution is 7.99. The number of halogens is 1. The molecule has 8 heteroatoms. The van der Waals surface area contributed by atoms with Gasteiger partial charge in [-0.05, 0) is 30.2 Å². The van der Waals surface area contributed by atoms with Crippen molar-refractivity contribution < 1.29 is 18.9 Å². The minimum absolute atomic E-state index is 0.229. The van der Waals surface area contributed by atoms with Crippen LogP contribution in [0.1, 0.15) is 24.5 Å². The third kappa shape index (κ3) is 4.18. The molecule has 0 unspecified atom stereocenters. The van der Waals surface area contributed by atoms with Crippen LogP contribution in [0.15, 0.2) is 46.7 Å². The van der Waals surface area contributed by atoms with E-state index in [9.17, 15) is 0 Å². The van der Waals surface area contributed by atoms with Gasteiger partial charge in [-0.1, -0.05) is 36.7 Å². The molecule has 0 saturated carbocycles. The standard InChI is InChI=1S/C22H23ClN2O4S/c1-4-5-15-20(7-6-17(26-2)22(15)27-3)30-21-11-25(12-24-21)10-14-8-18-19(9-16(14)23)29-13-28-18/h6-9,11-12H,4-5,10,13H2,1-3H3. The third-order valence-electron chi connectivity index (χ3n) is 4.82. The zero-order chi connectivity index (χ0) is 21.1. The fourth-order valence-electron chi connectivity index (χ4n) is 3.42. The number of benzene rings is 2. The molecule has 0 aliphatic carbocycles. The molecule has 1 aliphatic heterocycles. The van der Waals surface area contributed by atoms with Gasteiger partial charge in [0.1, 0.15) is 5.03 Å². The quantitative estimate of drug-likeness (QED) is 0.459. The first-order valence-electron chi connectivity index (χ1n) is 9.64.